The number of nitrogens with zero attached hydrogens (tertiary/aromatic N) is 1. The first kappa shape index (κ1) is 22.5. The van der Waals surface area contributed by atoms with Crippen LogP contribution in [0.25, 0.3) is 0 Å². The number of carbonyl (C=O) groups excluding carboxylic acids is 1. The molecule has 0 aliphatic rings. The van der Waals surface area contributed by atoms with Gasteiger partial charge in [-0.2, -0.15) is 0 Å². The van der Waals surface area contributed by atoms with Crippen molar-refractivity contribution in [2.24, 2.45) is 0 Å². The summed E-state index contributed by atoms with van der Waals surface area (Å²) in [5.41, 5.74) is 2.26. The molecule has 0 aromatic heterocycles. The molecule has 0 saturated carbocycles. The van der Waals surface area contributed by atoms with Gasteiger partial charge in [-0.15, -0.1) is 0 Å². The Bertz CT molecular complexity index is 1120. The molecule has 0 aliphatic carbocycles. The predicted octanol–water partition coefficient (Wildman–Crippen LogP) is 3.38. The number of nitrogens with one attached hydrogen (secondary N) is 1. The van der Waals surface area contributed by atoms with Crippen molar-refractivity contribution in [3.63, 3.8) is 0 Å². The molecule has 3 aromatic carbocycles. The third kappa shape index (κ3) is 5.69. The Morgan fingerprint density at radius 1 is 0.903 bits per heavy atom. The number of sulfonamides is 1. The smallest absolute Gasteiger partial charge is 0.264 e. The fraction of sp³-hybridized carbons (Fsp3) is 0.174. The van der Waals surface area contributed by atoms with Crippen LogP contribution in [0.4, 0.5) is 0 Å². The van der Waals surface area contributed by atoms with Crippen LogP contribution in [0.5, 0.6) is 5.75 Å². The van der Waals surface area contributed by atoms with Gasteiger partial charge in [0, 0.05) is 19.2 Å². The SMILES string of the molecule is CON(C)S(=O)(=O)c1ccc(C(=O)NCc2ccccc2COc2ccccc2)cc1. The largest absolute Gasteiger partial charge is 0.489 e. The van der Waals surface area contributed by atoms with Gasteiger partial charge in [0.1, 0.15) is 12.4 Å². The highest BCUT2D eigenvalue weighted by molar-refractivity contribution is 7.89. The van der Waals surface area contributed by atoms with Crippen LogP contribution >= 0.6 is 0 Å². The van der Waals surface area contributed by atoms with Gasteiger partial charge < -0.3 is 10.1 Å². The Hall–Kier alpha value is -3.20. The van der Waals surface area contributed by atoms with Crippen molar-refractivity contribution in [2.45, 2.75) is 18.0 Å². The molecule has 3 rings (SSSR count). The lowest BCUT2D eigenvalue weighted by Gasteiger charge is -2.14. The van der Waals surface area contributed by atoms with E-state index in [-0.39, 0.29) is 10.8 Å². The molecule has 0 bridgehead atoms. The van der Waals surface area contributed by atoms with E-state index in [0.29, 0.717) is 18.7 Å². The minimum atomic E-state index is -3.76. The molecule has 162 valence electrons. The maximum absolute atomic E-state index is 12.5. The third-order valence-corrected chi connectivity index (χ3v) is 6.40. The average Bonchev–Trinajstić information content (AvgIpc) is 2.81. The molecule has 0 heterocycles. The van der Waals surface area contributed by atoms with Crippen LogP contribution in [0, 0.1) is 0 Å². The summed E-state index contributed by atoms with van der Waals surface area (Å²) in [6.45, 7) is 0.704. The zero-order chi connectivity index (χ0) is 22.3. The Labute approximate surface area is 182 Å². The zero-order valence-corrected chi connectivity index (χ0v) is 18.1. The van der Waals surface area contributed by atoms with E-state index in [2.05, 4.69) is 5.32 Å². The monoisotopic (exact) mass is 440 g/mol. The maximum Gasteiger partial charge on any atom is 0.264 e. The number of carbonyl (C=O) groups is 1. The number of benzene rings is 3. The molecular weight excluding hydrogens is 416 g/mol. The van der Waals surface area contributed by atoms with Crippen molar-refractivity contribution in [3.8, 4) is 5.75 Å². The second-order valence-electron chi connectivity index (χ2n) is 6.67. The van der Waals surface area contributed by atoms with E-state index in [1.807, 2.05) is 54.6 Å². The predicted molar refractivity (Wildman–Crippen MR) is 117 cm³/mol. The first-order valence-electron chi connectivity index (χ1n) is 9.58. The van der Waals surface area contributed by atoms with Gasteiger partial charge in [-0.3, -0.25) is 9.63 Å². The van der Waals surface area contributed by atoms with Crippen LogP contribution in [-0.2, 0) is 28.0 Å². The number of hydroxylamine groups is 1. The highest BCUT2D eigenvalue weighted by atomic mass is 32.2. The van der Waals surface area contributed by atoms with E-state index in [1.54, 1.807) is 0 Å². The Balaban J connectivity index is 1.63. The molecule has 1 amide bonds. The number of rotatable bonds is 9. The van der Waals surface area contributed by atoms with E-state index < -0.39 is 10.0 Å². The van der Waals surface area contributed by atoms with Gasteiger partial charge in [0.05, 0.1) is 12.0 Å². The summed E-state index contributed by atoms with van der Waals surface area (Å²) in [4.78, 5) is 17.3. The van der Waals surface area contributed by atoms with Crippen LogP contribution in [-0.4, -0.2) is 33.0 Å². The minimum absolute atomic E-state index is 0.0387. The number of para-hydroxylation sites is 1. The normalized spacial score (nSPS) is 11.3. The van der Waals surface area contributed by atoms with E-state index >= 15 is 0 Å². The number of hydrogen-bond donors (Lipinski definition) is 1. The molecular formula is C23H24N2O5S. The zero-order valence-electron chi connectivity index (χ0n) is 17.3. The Kier molecular flexibility index (Phi) is 7.41. The summed E-state index contributed by atoms with van der Waals surface area (Å²) in [6, 6.07) is 22.9. The highest BCUT2D eigenvalue weighted by Gasteiger charge is 2.21. The molecule has 3 aromatic rings. The van der Waals surface area contributed by atoms with Crippen molar-refractivity contribution >= 4 is 15.9 Å². The van der Waals surface area contributed by atoms with Crippen molar-refractivity contribution in [3.05, 3.63) is 95.6 Å². The average molecular weight is 441 g/mol. The summed E-state index contributed by atoms with van der Waals surface area (Å²) in [5.74, 6) is 0.471. The van der Waals surface area contributed by atoms with Gasteiger partial charge in [0.25, 0.3) is 15.9 Å². The second-order valence-corrected chi connectivity index (χ2v) is 8.61. The molecule has 7 nitrogen and oxygen atoms in total. The minimum Gasteiger partial charge on any atom is -0.489 e. The standard InChI is InChI=1S/C23H24N2O5S/c1-25(29-2)31(27,28)22-14-12-18(13-15-22)23(26)24-16-19-8-6-7-9-20(19)17-30-21-10-4-3-5-11-21/h3-15H,16-17H2,1-2H3,(H,24,26). The van der Waals surface area contributed by atoms with Crippen LogP contribution in [0.3, 0.4) is 0 Å². The molecule has 0 unspecified atom stereocenters. The fourth-order valence-electron chi connectivity index (χ4n) is 2.85. The lowest BCUT2D eigenvalue weighted by molar-refractivity contribution is -0.0258. The van der Waals surface area contributed by atoms with Gasteiger partial charge in [0.15, 0.2) is 0 Å². The van der Waals surface area contributed by atoms with Crippen LogP contribution in [0.2, 0.25) is 0 Å². The maximum atomic E-state index is 12.5. The van der Waals surface area contributed by atoms with E-state index in [4.69, 9.17) is 9.57 Å². The molecule has 0 radical (unpaired) electrons. The number of hydrogen-bond acceptors (Lipinski definition) is 5. The molecule has 1 N–H and O–H groups in total. The van der Waals surface area contributed by atoms with Gasteiger partial charge >= 0.3 is 0 Å². The molecule has 0 saturated heterocycles. The third-order valence-electron chi connectivity index (χ3n) is 4.71. The van der Waals surface area contributed by atoms with E-state index in [0.717, 1.165) is 21.3 Å². The molecule has 0 fully saturated rings. The van der Waals surface area contributed by atoms with Crippen LogP contribution in [0.1, 0.15) is 21.5 Å². The highest BCUT2D eigenvalue weighted by Crippen LogP contribution is 2.17. The van der Waals surface area contributed by atoms with Crippen molar-refractivity contribution < 1.29 is 22.8 Å². The van der Waals surface area contributed by atoms with Gasteiger partial charge in [-0.1, -0.05) is 46.9 Å². The molecule has 8 heteroatoms. The molecule has 31 heavy (non-hydrogen) atoms. The summed E-state index contributed by atoms with van der Waals surface area (Å²) in [7, 11) is -1.19. The van der Waals surface area contributed by atoms with Crippen LogP contribution < -0.4 is 10.1 Å². The van der Waals surface area contributed by atoms with Crippen molar-refractivity contribution in [1.29, 1.82) is 0 Å². The van der Waals surface area contributed by atoms with E-state index in [1.165, 1.54) is 38.4 Å². The lowest BCUT2D eigenvalue weighted by Crippen LogP contribution is -2.26. The fourth-order valence-corrected chi connectivity index (χ4v) is 3.82. The summed E-state index contributed by atoms with van der Waals surface area (Å²) in [6.07, 6.45) is 0. The van der Waals surface area contributed by atoms with E-state index in [9.17, 15) is 13.2 Å². The van der Waals surface area contributed by atoms with Crippen molar-refractivity contribution in [2.75, 3.05) is 14.2 Å². The van der Waals surface area contributed by atoms with Gasteiger partial charge in [-0.05, 0) is 47.5 Å². The van der Waals surface area contributed by atoms with Gasteiger partial charge in [0.2, 0.25) is 0 Å². The first-order valence-corrected chi connectivity index (χ1v) is 11.0. The quantitative estimate of drug-likeness (QED) is 0.516. The summed E-state index contributed by atoms with van der Waals surface area (Å²) >= 11 is 0. The number of amides is 1. The van der Waals surface area contributed by atoms with Gasteiger partial charge in [-0.25, -0.2) is 8.42 Å². The summed E-state index contributed by atoms with van der Waals surface area (Å²) in [5, 5.41) is 2.87. The lowest BCUT2D eigenvalue weighted by atomic mass is 10.1. The second kappa shape index (κ2) is 10.2. The summed E-state index contributed by atoms with van der Waals surface area (Å²) < 4.78 is 31.1. The molecule has 0 atom stereocenters. The molecule has 0 spiro atoms. The Morgan fingerprint density at radius 2 is 1.52 bits per heavy atom. The van der Waals surface area contributed by atoms with Crippen molar-refractivity contribution in [1.82, 2.24) is 9.79 Å². The topological polar surface area (TPSA) is 84.9 Å². The Morgan fingerprint density at radius 3 is 2.16 bits per heavy atom. The first-order chi connectivity index (χ1) is 14.9. The van der Waals surface area contributed by atoms with Crippen LogP contribution in [0.15, 0.2) is 83.8 Å². The number of ether oxygens (including phenoxy) is 1. The molecule has 0 aliphatic heterocycles.